The summed E-state index contributed by atoms with van der Waals surface area (Å²) >= 11 is 0. The Balaban J connectivity index is 1.94. The summed E-state index contributed by atoms with van der Waals surface area (Å²) in [5.74, 6) is -1.92. The van der Waals surface area contributed by atoms with Gasteiger partial charge in [0, 0.05) is 19.8 Å². The fourth-order valence-corrected chi connectivity index (χ4v) is 2.85. The lowest BCUT2D eigenvalue weighted by atomic mass is 10.2. The number of rotatable bonds is 6. The van der Waals surface area contributed by atoms with E-state index in [2.05, 4.69) is 5.32 Å². The Bertz CT molecular complexity index is 911. The fourth-order valence-electron chi connectivity index (χ4n) is 1.95. The number of anilines is 1. The van der Waals surface area contributed by atoms with Gasteiger partial charge in [-0.2, -0.15) is 0 Å². The van der Waals surface area contributed by atoms with Crippen LogP contribution < -0.4 is 5.32 Å². The molecule has 0 spiro atoms. The van der Waals surface area contributed by atoms with Gasteiger partial charge in [-0.3, -0.25) is 4.79 Å². The van der Waals surface area contributed by atoms with E-state index in [0.717, 1.165) is 10.4 Å². The third kappa shape index (κ3) is 4.87. The van der Waals surface area contributed by atoms with Crippen molar-refractivity contribution in [1.82, 2.24) is 4.31 Å². The first-order valence-corrected chi connectivity index (χ1v) is 8.89. The number of carbonyl (C=O) groups is 2. The molecule has 0 bridgehead atoms. The maximum absolute atomic E-state index is 13.0. The normalized spacial score (nSPS) is 11.2. The van der Waals surface area contributed by atoms with E-state index in [1.54, 1.807) is 0 Å². The number of ether oxygens (including phenoxy) is 1. The first-order chi connectivity index (χ1) is 12.2. The maximum atomic E-state index is 13.0. The third-order valence-electron chi connectivity index (χ3n) is 3.31. The molecular formula is C17H17FN2O5S. The van der Waals surface area contributed by atoms with Gasteiger partial charge < -0.3 is 10.1 Å². The van der Waals surface area contributed by atoms with Crippen molar-refractivity contribution in [1.29, 1.82) is 0 Å². The second-order valence-corrected chi connectivity index (χ2v) is 7.60. The van der Waals surface area contributed by atoms with Gasteiger partial charge in [-0.15, -0.1) is 0 Å². The number of carbonyl (C=O) groups excluding carboxylic acids is 2. The summed E-state index contributed by atoms with van der Waals surface area (Å²) in [6, 6.07) is 10.4. The van der Waals surface area contributed by atoms with Crippen molar-refractivity contribution < 1.29 is 27.1 Å². The van der Waals surface area contributed by atoms with E-state index < -0.39 is 34.3 Å². The molecule has 0 aliphatic rings. The fraction of sp³-hybridized carbons (Fsp3) is 0.176. The summed E-state index contributed by atoms with van der Waals surface area (Å²) in [6.07, 6.45) is 0. The molecule has 0 saturated heterocycles. The summed E-state index contributed by atoms with van der Waals surface area (Å²) in [6.45, 7) is -0.562. The largest absolute Gasteiger partial charge is 0.452 e. The van der Waals surface area contributed by atoms with Gasteiger partial charge in [-0.1, -0.05) is 6.07 Å². The number of amides is 1. The van der Waals surface area contributed by atoms with E-state index in [-0.39, 0.29) is 16.1 Å². The van der Waals surface area contributed by atoms with Crippen molar-refractivity contribution in [2.24, 2.45) is 0 Å². The molecule has 7 nitrogen and oxygen atoms in total. The Hall–Kier alpha value is -2.78. The smallest absolute Gasteiger partial charge is 0.338 e. The number of sulfonamides is 1. The second-order valence-electron chi connectivity index (χ2n) is 5.45. The number of hydrogen-bond acceptors (Lipinski definition) is 5. The van der Waals surface area contributed by atoms with Gasteiger partial charge in [0.15, 0.2) is 6.61 Å². The van der Waals surface area contributed by atoms with Gasteiger partial charge in [0.25, 0.3) is 5.91 Å². The van der Waals surface area contributed by atoms with Crippen molar-refractivity contribution in [2.45, 2.75) is 4.90 Å². The van der Waals surface area contributed by atoms with Crippen LogP contribution in [-0.4, -0.2) is 45.3 Å². The van der Waals surface area contributed by atoms with Gasteiger partial charge in [0.1, 0.15) is 5.82 Å². The van der Waals surface area contributed by atoms with Crippen LogP contribution in [0.1, 0.15) is 10.4 Å². The van der Waals surface area contributed by atoms with Crippen LogP contribution in [0.4, 0.5) is 10.1 Å². The van der Waals surface area contributed by atoms with E-state index in [1.165, 1.54) is 56.6 Å². The van der Waals surface area contributed by atoms with Crippen molar-refractivity contribution in [3.63, 3.8) is 0 Å². The molecule has 0 unspecified atom stereocenters. The lowest BCUT2D eigenvalue weighted by Crippen LogP contribution is -2.22. The summed E-state index contributed by atoms with van der Waals surface area (Å²) in [4.78, 5) is 23.7. The Morgan fingerprint density at radius 2 is 1.77 bits per heavy atom. The van der Waals surface area contributed by atoms with Gasteiger partial charge in [0.2, 0.25) is 10.0 Å². The quantitative estimate of drug-likeness (QED) is 0.773. The lowest BCUT2D eigenvalue weighted by Gasteiger charge is -2.11. The summed E-state index contributed by atoms with van der Waals surface area (Å²) in [5, 5.41) is 2.39. The molecule has 26 heavy (non-hydrogen) atoms. The molecule has 0 saturated carbocycles. The Morgan fingerprint density at radius 1 is 1.12 bits per heavy atom. The monoisotopic (exact) mass is 380 g/mol. The molecule has 0 radical (unpaired) electrons. The van der Waals surface area contributed by atoms with Gasteiger partial charge in [-0.05, 0) is 42.5 Å². The van der Waals surface area contributed by atoms with Gasteiger partial charge in [0.05, 0.1) is 10.5 Å². The number of halogens is 1. The molecule has 2 rings (SSSR count). The Morgan fingerprint density at radius 3 is 2.35 bits per heavy atom. The number of esters is 1. The minimum absolute atomic E-state index is 0.0305. The predicted octanol–water partition coefficient (Wildman–Crippen LogP) is 1.87. The number of benzene rings is 2. The molecule has 2 aromatic carbocycles. The molecule has 2 aromatic rings. The van der Waals surface area contributed by atoms with Crippen LogP contribution in [0.5, 0.6) is 0 Å². The van der Waals surface area contributed by atoms with E-state index in [0.29, 0.717) is 0 Å². The van der Waals surface area contributed by atoms with E-state index in [9.17, 15) is 22.4 Å². The standard InChI is InChI=1S/C17H17FN2O5S/c1-20(2)26(23,24)15-8-6-12(7-9-15)17(22)25-11-16(21)19-14-5-3-4-13(18)10-14/h3-10H,11H2,1-2H3,(H,19,21). The minimum atomic E-state index is -3.60. The average molecular weight is 380 g/mol. The SMILES string of the molecule is CN(C)S(=O)(=O)c1ccc(C(=O)OCC(=O)Nc2cccc(F)c2)cc1. The number of nitrogens with one attached hydrogen (secondary N) is 1. The van der Waals surface area contributed by atoms with Crippen molar-refractivity contribution in [3.05, 3.63) is 59.9 Å². The highest BCUT2D eigenvalue weighted by molar-refractivity contribution is 7.89. The first-order valence-electron chi connectivity index (χ1n) is 7.45. The average Bonchev–Trinajstić information content (AvgIpc) is 2.59. The Kier molecular flexibility index (Phi) is 6.06. The first kappa shape index (κ1) is 19.5. The molecule has 1 amide bonds. The molecule has 0 aliphatic heterocycles. The van der Waals surface area contributed by atoms with Gasteiger partial charge >= 0.3 is 5.97 Å². The molecule has 0 heterocycles. The topological polar surface area (TPSA) is 92.8 Å². The van der Waals surface area contributed by atoms with E-state index in [4.69, 9.17) is 4.74 Å². The highest BCUT2D eigenvalue weighted by Gasteiger charge is 2.18. The van der Waals surface area contributed by atoms with Crippen LogP contribution in [-0.2, 0) is 19.6 Å². The molecule has 9 heteroatoms. The van der Waals surface area contributed by atoms with Crippen molar-refractivity contribution in [2.75, 3.05) is 26.0 Å². The molecule has 0 fully saturated rings. The van der Waals surface area contributed by atoms with E-state index in [1.807, 2.05) is 0 Å². The zero-order chi connectivity index (χ0) is 19.3. The zero-order valence-corrected chi connectivity index (χ0v) is 14.9. The number of nitrogens with zero attached hydrogens (tertiary/aromatic N) is 1. The zero-order valence-electron chi connectivity index (χ0n) is 14.1. The van der Waals surface area contributed by atoms with Gasteiger partial charge in [-0.25, -0.2) is 21.9 Å². The third-order valence-corrected chi connectivity index (χ3v) is 5.14. The maximum Gasteiger partial charge on any atom is 0.338 e. The van der Waals surface area contributed by atoms with Crippen LogP contribution >= 0.6 is 0 Å². The minimum Gasteiger partial charge on any atom is -0.452 e. The number of hydrogen-bond donors (Lipinski definition) is 1. The van der Waals surface area contributed by atoms with E-state index >= 15 is 0 Å². The summed E-state index contributed by atoms with van der Waals surface area (Å²) in [7, 11) is -0.802. The second kappa shape index (κ2) is 8.07. The molecule has 0 atom stereocenters. The predicted molar refractivity (Wildman–Crippen MR) is 92.6 cm³/mol. The molecule has 0 aromatic heterocycles. The molecule has 0 aliphatic carbocycles. The molecule has 138 valence electrons. The van der Waals surface area contributed by atoms with Crippen LogP contribution in [0.2, 0.25) is 0 Å². The highest BCUT2D eigenvalue weighted by atomic mass is 32.2. The van der Waals surface area contributed by atoms with Crippen LogP contribution in [0, 0.1) is 5.82 Å². The highest BCUT2D eigenvalue weighted by Crippen LogP contribution is 2.14. The molecular weight excluding hydrogens is 363 g/mol. The Labute approximate surface area is 150 Å². The van der Waals surface area contributed by atoms with Crippen LogP contribution in [0.25, 0.3) is 0 Å². The van der Waals surface area contributed by atoms with Crippen molar-refractivity contribution >= 4 is 27.6 Å². The van der Waals surface area contributed by atoms with Crippen LogP contribution in [0.3, 0.4) is 0 Å². The van der Waals surface area contributed by atoms with Crippen molar-refractivity contribution in [3.8, 4) is 0 Å². The molecule has 1 N–H and O–H groups in total. The lowest BCUT2D eigenvalue weighted by molar-refractivity contribution is -0.119. The van der Waals surface area contributed by atoms with Crippen LogP contribution in [0.15, 0.2) is 53.4 Å². The summed E-state index contributed by atoms with van der Waals surface area (Å²) < 4.78 is 42.9. The summed E-state index contributed by atoms with van der Waals surface area (Å²) in [5.41, 5.74) is 0.338.